The summed E-state index contributed by atoms with van der Waals surface area (Å²) in [5.74, 6) is 0.260. The molecule has 0 amide bonds. The molecule has 3 N–H and O–H groups in total. The third-order valence-electron chi connectivity index (χ3n) is 1.34. The molecular formula is C5H4BN5S. The summed E-state index contributed by atoms with van der Waals surface area (Å²) in [5.41, 5.74) is 6.57. The molecule has 0 aliphatic heterocycles. The lowest BCUT2D eigenvalue weighted by atomic mass is 10.0. The SMILES string of the molecule is [B]c1[nH]ncc1-c1nc(N)ns1. The van der Waals surface area contributed by atoms with Gasteiger partial charge in [0.2, 0.25) is 5.95 Å². The maximum atomic E-state index is 5.56. The largest absolute Gasteiger partial charge is 0.367 e. The Hall–Kier alpha value is -1.37. The second-order valence-electron chi connectivity index (χ2n) is 2.16. The quantitative estimate of drug-likeness (QED) is 0.564. The van der Waals surface area contributed by atoms with E-state index in [2.05, 4.69) is 19.6 Å². The Morgan fingerprint density at radius 1 is 1.58 bits per heavy atom. The van der Waals surface area contributed by atoms with Crippen molar-refractivity contribution < 1.29 is 0 Å². The van der Waals surface area contributed by atoms with Gasteiger partial charge in [0.25, 0.3) is 0 Å². The van der Waals surface area contributed by atoms with E-state index >= 15 is 0 Å². The predicted molar refractivity (Wildman–Crippen MR) is 47.3 cm³/mol. The van der Waals surface area contributed by atoms with Gasteiger partial charge in [-0.15, -0.1) is 0 Å². The van der Waals surface area contributed by atoms with Crippen molar-refractivity contribution in [3.8, 4) is 10.6 Å². The van der Waals surface area contributed by atoms with E-state index in [1.165, 1.54) is 11.5 Å². The van der Waals surface area contributed by atoms with Gasteiger partial charge in [-0.2, -0.15) is 14.5 Å². The molecule has 0 aromatic carbocycles. The van der Waals surface area contributed by atoms with Crippen LogP contribution in [-0.2, 0) is 0 Å². The molecule has 58 valence electrons. The molecule has 5 nitrogen and oxygen atoms in total. The van der Waals surface area contributed by atoms with Crippen molar-refractivity contribution in [1.82, 2.24) is 19.6 Å². The first-order chi connectivity index (χ1) is 5.77. The van der Waals surface area contributed by atoms with Gasteiger partial charge >= 0.3 is 0 Å². The second kappa shape index (κ2) is 2.60. The van der Waals surface area contributed by atoms with E-state index < -0.39 is 0 Å². The van der Waals surface area contributed by atoms with E-state index in [-0.39, 0.29) is 5.95 Å². The average Bonchev–Trinajstić information content (AvgIpc) is 2.58. The number of H-pyrrole nitrogens is 1. The number of aromatic amines is 1. The van der Waals surface area contributed by atoms with E-state index in [0.717, 1.165) is 5.56 Å². The second-order valence-corrected chi connectivity index (χ2v) is 2.91. The van der Waals surface area contributed by atoms with Gasteiger partial charge in [-0.1, -0.05) is 0 Å². The molecule has 2 rings (SSSR count). The smallest absolute Gasteiger partial charge is 0.232 e. The summed E-state index contributed by atoms with van der Waals surface area (Å²) < 4.78 is 3.82. The van der Waals surface area contributed by atoms with Gasteiger partial charge < -0.3 is 5.73 Å². The molecule has 2 heterocycles. The summed E-state index contributed by atoms with van der Waals surface area (Å²) in [5, 5.41) is 7.04. The third-order valence-corrected chi connectivity index (χ3v) is 2.10. The fraction of sp³-hybridized carbons (Fsp3) is 0. The summed E-state index contributed by atoms with van der Waals surface area (Å²) in [6.07, 6.45) is 1.59. The molecule has 0 aliphatic carbocycles. The Bertz CT molecular complexity index is 394. The van der Waals surface area contributed by atoms with Crippen molar-refractivity contribution >= 4 is 30.9 Å². The predicted octanol–water partition coefficient (Wildman–Crippen LogP) is -0.696. The summed E-state index contributed by atoms with van der Waals surface area (Å²) >= 11 is 1.20. The minimum atomic E-state index is 0.260. The Morgan fingerprint density at radius 2 is 2.42 bits per heavy atom. The third kappa shape index (κ3) is 1.08. The first-order valence-corrected chi connectivity index (χ1v) is 3.93. The molecule has 2 radical (unpaired) electrons. The van der Waals surface area contributed by atoms with Gasteiger partial charge in [0, 0.05) is 5.56 Å². The molecule has 2 aromatic heterocycles. The number of nitrogens with one attached hydrogen (secondary N) is 1. The van der Waals surface area contributed by atoms with Crippen LogP contribution in [0, 0.1) is 0 Å². The highest BCUT2D eigenvalue weighted by Gasteiger charge is 2.07. The minimum Gasteiger partial charge on any atom is -0.367 e. The highest BCUT2D eigenvalue weighted by molar-refractivity contribution is 7.09. The van der Waals surface area contributed by atoms with Gasteiger partial charge in [0.1, 0.15) is 12.9 Å². The Balaban J connectivity index is 2.50. The van der Waals surface area contributed by atoms with E-state index in [1.54, 1.807) is 6.20 Å². The van der Waals surface area contributed by atoms with E-state index in [1.807, 2.05) is 0 Å². The van der Waals surface area contributed by atoms with Crippen LogP contribution in [0.15, 0.2) is 6.20 Å². The number of rotatable bonds is 1. The number of hydrogen-bond donors (Lipinski definition) is 2. The number of nitrogens with two attached hydrogens (primary N) is 1. The van der Waals surface area contributed by atoms with E-state index in [9.17, 15) is 0 Å². The monoisotopic (exact) mass is 177 g/mol. The van der Waals surface area contributed by atoms with Crippen LogP contribution < -0.4 is 11.3 Å². The highest BCUT2D eigenvalue weighted by atomic mass is 32.1. The molecule has 2 aromatic rings. The Morgan fingerprint density at radius 3 is 2.92 bits per heavy atom. The average molecular weight is 177 g/mol. The molecule has 0 saturated carbocycles. The van der Waals surface area contributed by atoms with Crippen molar-refractivity contribution in [3.63, 3.8) is 0 Å². The van der Waals surface area contributed by atoms with Crippen molar-refractivity contribution in [2.45, 2.75) is 0 Å². The molecule has 0 fully saturated rings. The topological polar surface area (TPSA) is 80.5 Å². The molecule has 0 unspecified atom stereocenters. The maximum absolute atomic E-state index is 5.56. The first-order valence-electron chi connectivity index (χ1n) is 3.16. The lowest BCUT2D eigenvalue weighted by molar-refractivity contribution is 1.11. The zero-order valence-corrected chi connectivity index (χ0v) is 6.80. The van der Waals surface area contributed by atoms with Crippen LogP contribution in [0.25, 0.3) is 10.6 Å². The lowest BCUT2D eigenvalue weighted by Gasteiger charge is -1.88. The van der Waals surface area contributed by atoms with Gasteiger partial charge in [-0.25, -0.2) is 0 Å². The summed E-state index contributed by atoms with van der Waals surface area (Å²) in [4.78, 5) is 3.96. The first kappa shape index (κ1) is 7.29. The van der Waals surface area contributed by atoms with Crippen molar-refractivity contribution in [3.05, 3.63) is 6.20 Å². The fourth-order valence-electron chi connectivity index (χ4n) is 0.811. The molecule has 0 bridgehead atoms. The van der Waals surface area contributed by atoms with Gasteiger partial charge in [0.05, 0.1) is 6.20 Å². The lowest BCUT2D eigenvalue weighted by Crippen LogP contribution is -2.05. The molecule has 0 aliphatic rings. The summed E-state index contributed by atoms with van der Waals surface area (Å²) in [6, 6.07) is 0. The van der Waals surface area contributed by atoms with Crippen LogP contribution in [0.3, 0.4) is 0 Å². The van der Waals surface area contributed by atoms with Gasteiger partial charge in [-0.05, 0) is 17.1 Å². The molecule has 0 saturated heterocycles. The zero-order valence-electron chi connectivity index (χ0n) is 5.98. The molecular weight excluding hydrogens is 173 g/mol. The van der Waals surface area contributed by atoms with Crippen LogP contribution >= 0.6 is 11.5 Å². The van der Waals surface area contributed by atoms with Crippen LogP contribution in [0.2, 0.25) is 0 Å². The van der Waals surface area contributed by atoms with Crippen molar-refractivity contribution in [1.29, 1.82) is 0 Å². The number of nitrogens with zero attached hydrogens (tertiary/aromatic N) is 3. The summed E-state index contributed by atoms with van der Waals surface area (Å²) in [6.45, 7) is 0. The number of nitrogen functional groups attached to an aromatic ring is 1. The van der Waals surface area contributed by atoms with Crippen LogP contribution in [0.1, 0.15) is 0 Å². The van der Waals surface area contributed by atoms with Gasteiger partial charge in [-0.3, -0.25) is 5.10 Å². The fourth-order valence-corrected chi connectivity index (χ4v) is 1.43. The van der Waals surface area contributed by atoms with E-state index in [4.69, 9.17) is 13.6 Å². The number of hydrogen-bond acceptors (Lipinski definition) is 5. The van der Waals surface area contributed by atoms with Gasteiger partial charge in [0.15, 0.2) is 0 Å². The Kier molecular flexibility index (Phi) is 1.58. The maximum Gasteiger partial charge on any atom is 0.232 e. The van der Waals surface area contributed by atoms with Crippen LogP contribution in [0.4, 0.5) is 5.95 Å². The number of anilines is 1. The molecule has 0 atom stereocenters. The van der Waals surface area contributed by atoms with Crippen LogP contribution in [0.5, 0.6) is 0 Å². The van der Waals surface area contributed by atoms with E-state index in [0.29, 0.717) is 10.6 Å². The standard InChI is InChI=1S/C5H4BN5S/c6-3-2(1-8-10-3)4-9-5(7)11-12-4/h1H,(H2,7,11)(H,8,10). The number of aromatic nitrogens is 4. The summed E-state index contributed by atoms with van der Waals surface area (Å²) in [7, 11) is 5.56. The Labute approximate surface area is 73.6 Å². The normalized spacial score (nSPS) is 10.3. The molecule has 0 spiro atoms. The van der Waals surface area contributed by atoms with Crippen molar-refractivity contribution in [2.75, 3.05) is 5.73 Å². The minimum absolute atomic E-state index is 0.260. The highest BCUT2D eigenvalue weighted by Crippen LogP contribution is 2.18. The van der Waals surface area contributed by atoms with Crippen LogP contribution in [-0.4, -0.2) is 27.4 Å². The van der Waals surface area contributed by atoms with Crippen molar-refractivity contribution in [2.24, 2.45) is 0 Å². The zero-order chi connectivity index (χ0) is 8.55. The molecule has 12 heavy (non-hydrogen) atoms. The molecule has 7 heteroatoms.